The Morgan fingerprint density at radius 1 is 1.59 bits per heavy atom. The molecule has 0 saturated carbocycles. The van der Waals surface area contributed by atoms with Gasteiger partial charge in [0.05, 0.1) is 0 Å². The highest BCUT2D eigenvalue weighted by Crippen LogP contribution is 2.31. The zero-order valence-corrected chi connectivity index (χ0v) is 10.0. The number of carbonyl (C=O) groups is 1. The third-order valence-corrected chi connectivity index (χ3v) is 3.12. The molecule has 1 aromatic rings. The van der Waals surface area contributed by atoms with Gasteiger partial charge in [-0.25, -0.2) is 4.79 Å². The Bertz CT molecular complexity index is 418. The maximum absolute atomic E-state index is 10.4. The van der Waals surface area contributed by atoms with Gasteiger partial charge in [0.1, 0.15) is 6.61 Å². The van der Waals surface area contributed by atoms with Gasteiger partial charge in [-0.05, 0) is 30.9 Å². The van der Waals surface area contributed by atoms with Crippen molar-refractivity contribution in [1.82, 2.24) is 5.32 Å². The molecule has 0 saturated heterocycles. The number of benzene rings is 1. The number of nitrogens with one attached hydrogen (secondary N) is 1. The predicted octanol–water partition coefficient (Wildman–Crippen LogP) is 1.67. The molecule has 0 fully saturated rings. The van der Waals surface area contributed by atoms with E-state index in [-0.39, 0.29) is 0 Å². The summed E-state index contributed by atoms with van der Waals surface area (Å²) >= 11 is 0. The molecule has 4 heteroatoms. The number of carbonyl (C=O) groups excluding carboxylic acids is 1. The van der Waals surface area contributed by atoms with Crippen LogP contribution in [0.15, 0.2) is 18.2 Å². The molecule has 0 radical (unpaired) electrons. The van der Waals surface area contributed by atoms with E-state index in [1.54, 1.807) is 0 Å². The number of primary amides is 1. The summed E-state index contributed by atoms with van der Waals surface area (Å²) in [5.41, 5.74) is 8.98. The fourth-order valence-corrected chi connectivity index (χ4v) is 2.32. The zero-order valence-electron chi connectivity index (χ0n) is 10.0. The predicted molar refractivity (Wildman–Crippen MR) is 65.8 cm³/mol. The lowest BCUT2D eigenvalue weighted by Crippen LogP contribution is -2.26. The highest BCUT2D eigenvalue weighted by Gasteiger charge is 2.21. The Balaban J connectivity index is 1.88. The molecule has 2 rings (SSSR count). The first kappa shape index (κ1) is 11.9. The van der Waals surface area contributed by atoms with E-state index in [2.05, 4.69) is 35.2 Å². The Labute approximate surface area is 101 Å². The van der Waals surface area contributed by atoms with Crippen LogP contribution in [0.25, 0.3) is 0 Å². The van der Waals surface area contributed by atoms with Gasteiger partial charge in [0.25, 0.3) is 0 Å². The highest BCUT2D eigenvalue weighted by molar-refractivity contribution is 5.64. The first-order chi connectivity index (χ1) is 8.16. The third-order valence-electron chi connectivity index (χ3n) is 3.12. The molecule has 0 heterocycles. The van der Waals surface area contributed by atoms with E-state index in [1.165, 1.54) is 16.7 Å². The minimum atomic E-state index is -0.713. The molecule has 0 spiro atoms. The number of aryl methyl sites for hydroxylation is 2. The average Bonchev–Trinajstić information content (AvgIpc) is 2.67. The van der Waals surface area contributed by atoms with Crippen molar-refractivity contribution in [2.24, 2.45) is 5.73 Å². The van der Waals surface area contributed by atoms with Crippen LogP contribution < -0.4 is 11.1 Å². The van der Waals surface area contributed by atoms with Crippen molar-refractivity contribution in [1.29, 1.82) is 0 Å². The van der Waals surface area contributed by atoms with Gasteiger partial charge >= 0.3 is 6.09 Å². The monoisotopic (exact) mass is 234 g/mol. The fourth-order valence-electron chi connectivity index (χ4n) is 2.32. The van der Waals surface area contributed by atoms with E-state index in [1.807, 2.05) is 0 Å². The lowest BCUT2D eigenvalue weighted by atomic mass is 10.1. The lowest BCUT2D eigenvalue weighted by molar-refractivity contribution is 0.156. The SMILES string of the molecule is Cc1ccc2c(c1)C(NCCOC(N)=O)CC2. The summed E-state index contributed by atoms with van der Waals surface area (Å²) in [4.78, 5) is 10.4. The van der Waals surface area contributed by atoms with Crippen molar-refractivity contribution in [2.45, 2.75) is 25.8 Å². The van der Waals surface area contributed by atoms with E-state index in [4.69, 9.17) is 5.73 Å². The van der Waals surface area contributed by atoms with Crippen LogP contribution in [-0.2, 0) is 11.2 Å². The summed E-state index contributed by atoms with van der Waals surface area (Å²) in [7, 11) is 0. The summed E-state index contributed by atoms with van der Waals surface area (Å²) in [6.07, 6.45) is 1.51. The van der Waals surface area contributed by atoms with Crippen molar-refractivity contribution in [3.8, 4) is 0 Å². The molecular formula is C13H18N2O2. The van der Waals surface area contributed by atoms with E-state index in [0.29, 0.717) is 19.2 Å². The number of ether oxygens (including phenoxy) is 1. The smallest absolute Gasteiger partial charge is 0.404 e. The van der Waals surface area contributed by atoms with Gasteiger partial charge in [-0.3, -0.25) is 0 Å². The van der Waals surface area contributed by atoms with Crippen LogP contribution in [0.3, 0.4) is 0 Å². The second-order valence-corrected chi connectivity index (χ2v) is 4.42. The fraction of sp³-hybridized carbons (Fsp3) is 0.462. The number of hydrogen-bond acceptors (Lipinski definition) is 3. The van der Waals surface area contributed by atoms with Crippen LogP contribution in [0.4, 0.5) is 4.79 Å². The van der Waals surface area contributed by atoms with Crippen LogP contribution in [-0.4, -0.2) is 19.2 Å². The van der Waals surface area contributed by atoms with E-state index in [0.717, 1.165) is 12.8 Å². The summed E-state index contributed by atoms with van der Waals surface area (Å²) in [6.45, 7) is 3.07. The molecule has 1 aromatic carbocycles. The van der Waals surface area contributed by atoms with Gasteiger partial charge in [-0.2, -0.15) is 0 Å². The minimum Gasteiger partial charge on any atom is -0.448 e. The summed E-state index contributed by atoms with van der Waals surface area (Å²) < 4.78 is 4.69. The zero-order chi connectivity index (χ0) is 12.3. The van der Waals surface area contributed by atoms with E-state index >= 15 is 0 Å². The minimum absolute atomic E-state index is 0.326. The molecule has 17 heavy (non-hydrogen) atoms. The molecule has 4 nitrogen and oxygen atoms in total. The Kier molecular flexibility index (Phi) is 3.64. The molecular weight excluding hydrogens is 216 g/mol. The number of rotatable bonds is 4. The molecule has 1 amide bonds. The maximum Gasteiger partial charge on any atom is 0.404 e. The Morgan fingerprint density at radius 2 is 2.41 bits per heavy atom. The van der Waals surface area contributed by atoms with Crippen molar-refractivity contribution in [3.63, 3.8) is 0 Å². The average molecular weight is 234 g/mol. The number of nitrogens with two attached hydrogens (primary N) is 1. The van der Waals surface area contributed by atoms with Crippen molar-refractivity contribution in [2.75, 3.05) is 13.2 Å². The summed E-state index contributed by atoms with van der Waals surface area (Å²) in [5.74, 6) is 0. The van der Waals surface area contributed by atoms with Gasteiger partial charge in [0.15, 0.2) is 0 Å². The first-order valence-electron chi connectivity index (χ1n) is 5.92. The van der Waals surface area contributed by atoms with Crippen molar-refractivity contribution < 1.29 is 9.53 Å². The summed E-state index contributed by atoms with van der Waals surface area (Å²) in [6, 6.07) is 6.96. The molecule has 1 aliphatic carbocycles. The molecule has 3 N–H and O–H groups in total. The number of amides is 1. The molecule has 1 aliphatic rings. The number of fused-ring (bicyclic) bond motifs is 1. The van der Waals surface area contributed by atoms with Crippen molar-refractivity contribution >= 4 is 6.09 Å². The van der Waals surface area contributed by atoms with Crippen LogP contribution in [0.2, 0.25) is 0 Å². The molecule has 1 unspecified atom stereocenters. The van der Waals surface area contributed by atoms with Gasteiger partial charge in [-0.1, -0.05) is 23.8 Å². The molecule has 0 aromatic heterocycles. The molecule has 1 atom stereocenters. The van der Waals surface area contributed by atoms with Crippen LogP contribution in [0.5, 0.6) is 0 Å². The Hall–Kier alpha value is -1.55. The molecule has 0 aliphatic heterocycles. The van der Waals surface area contributed by atoms with Crippen molar-refractivity contribution in [3.05, 3.63) is 34.9 Å². The van der Waals surface area contributed by atoms with E-state index in [9.17, 15) is 4.79 Å². The third kappa shape index (κ3) is 2.97. The van der Waals surface area contributed by atoms with E-state index < -0.39 is 6.09 Å². The normalized spacial score (nSPS) is 17.8. The Morgan fingerprint density at radius 3 is 3.18 bits per heavy atom. The van der Waals surface area contributed by atoms with Crippen LogP contribution in [0.1, 0.15) is 29.2 Å². The maximum atomic E-state index is 10.4. The standard InChI is InChI=1S/C13H18N2O2/c1-9-2-3-10-4-5-12(11(10)8-9)15-6-7-17-13(14)16/h2-3,8,12,15H,4-7H2,1H3,(H2,14,16). The molecule has 92 valence electrons. The number of hydrogen-bond donors (Lipinski definition) is 2. The first-order valence-corrected chi connectivity index (χ1v) is 5.92. The highest BCUT2D eigenvalue weighted by atomic mass is 16.5. The largest absolute Gasteiger partial charge is 0.448 e. The second-order valence-electron chi connectivity index (χ2n) is 4.42. The topological polar surface area (TPSA) is 64.3 Å². The van der Waals surface area contributed by atoms with Crippen LogP contribution >= 0.6 is 0 Å². The van der Waals surface area contributed by atoms with Gasteiger partial charge in [0, 0.05) is 12.6 Å². The van der Waals surface area contributed by atoms with Gasteiger partial charge in [-0.15, -0.1) is 0 Å². The second kappa shape index (κ2) is 5.19. The van der Waals surface area contributed by atoms with Gasteiger partial charge in [0.2, 0.25) is 0 Å². The molecule has 0 bridgehead atoms. The summed E-state index contributed by atoms with van der Waals surface area (Å²) in [5, 5.41) is 3.39. The van der Waals surface area contributed by atoms with Gasteiger partial charge < -0.3 is 15.8 Å². The quantitative estimate of drug-likeness (QED) is 0.779. The van der Waals surface area contributed by atoms with Crippen LogP contribution in [0, 0.1) is 6.92 Å². The lowest BCUT2D eigenvalue weighted by Gasteiger charge is -2.14.